The third-order valence-electron chi connectivity index (χ3n) is 4.03. The van der Waals surface area contributed by atoms with Gasteiger partial charge >= 0.3 is 5.97 Å². The Morgan fingerprint density at radius 2 is 1.65 bits per heavy atom. The number of sulfone groups is 1. The molecule has 0 radical (unpaired) electrons. The zero-order valence-corrected chi connectivity index (χ0v) is 15.2. The SMILES string of the molecule is CCS(=O)(=O)c1ccc(CC(=O)NCC(C(=O)O)c2ccccc2)cc1. The van der Waals surface area contributed by atoms with Gasteiger partial charge in [-0.25, -0.2) is 8.42 Å². The largest absolute Gasteiger partial charge is 0.481 e. The van der Waals surface area contributed by atoms with Crippen LogP contribution in [0.4, 0.5) is 0 Å². The molecule has 0 saturated heterocycles. The maximum absolute atomic E-state index is 12.1. The summed E-state index contributed by atoms with van der Waals surface area (Å²) in [6.45, 7) is 1.56. The molecule has 0 aliphatic rings. The topological polar surface area (TPSA) is 101 Å². The van der Waals surface area contributed by atoms with Crippen LogP contribution in [0.2, 0.25) is 0 Å². The molecule has 2 rings (SSSR count). The van der Waals surface area contributed by atoms with Crippen LogP contribution >= 0.6 is 0 Å². The fraction of sp³-hybridized carbons (Fsp3) is 0.263. The Morgan fingerprint density at radius 3 is 2.19 bits per heavy atom. The molecule has 0 fully saturated rings. The van der Waals surface area contributed by atoms with E-state index in [0.29, 0.717) is 11.1 Å². The fourth-order valence-corrected chi connectivity index (χ4v) is 3.36. The summed E-state index contributed by atoms with van der Waals surface area (Å²) >= 11 is 0. The number of benzene rings is 2. The summed E-state index contributed by atoms with van der Waals surface area (Å²) in [5.41, 5.74) is 1.28. The summed E-state index contributed by atoms with van der Waals surface area (Å²) in [7, 11) is -3.27. The molecule has 26 heavy (non-hydrogen) atoms. The van der Waals surface area contributed by atoms with Gasteiger partial charge in [0.05, 0.1) is 23.0 Å². The van der Waals surface area contributed by atoms with Crippen molar-refractivity contribution in [2.24, 2.45) is 0 Å². The van der Waals surface area contributed by atoms with E-state index in [2.05, 4.69) is 5.32 Å². The van der Waals surface area contributed by atoms with Gasteiger partial charge in [-0.3, -0.25) is 9.59 Å². The van der Waals surface area contributed by atoms with Gasteiger partial charge in [-0.15, -0.1) is 0 Å². The first-order valence-electron chi connectivity index (χ1n) is 8.19. The van der Waals surface area contributed by atoms with Gasteiger partial charge in [0, 0.05) is 6.54 Å². The molecule has 6 nitrogen and oxygen atoms in total. The van der Waals surface area contributed by atoms with Crippen LogP contribution in [0.1, 0.15) is 24.0 Å². The second-order valence-corrected chi connectivity index (χ2v) is 8.11. The van der Waals surface area contributed by atoms with Crippen LogP contribution in [0.25, 0.3) is 0 Å². The van der Waals surface area contributed by atoms with E-state index in [-0.39, 0.29) is 29.5 Å². The number of hydrogen-bond donors (Lipinski definition) is 2. The first-order chi connectivity index (χ1) is 12.3. The van der Waals surface area contributed by atoms with Crippen molar-refractivity contribution in [1.82, 2.24) is 5.32 Å². The number of amides is 1. The lowest BCUT2D eigenvalue weighted by atomic mass is 9.99. The van der Waals surface area contributed by atoms with Crippen molar-refractivity contribution < 1.29 is 23.1 Å². The van der Waals surface area contributed by atoms with Crippen LogP contribution in [0.15, 0.2) is 59.5 Å². The number of carbonyl (C=O) groups is 2. The van der Waals surface area contributed by atoms with Gasteiger partial charge in [0.2, 0.25) is 5.91 Å². The lowest BCUT2D eigenvalue weighted by Gasteiger charge is -2.14. The minimum absolute atomic E-state index is 0.0134. The molecule has 2 N–H and O–H groups in total. The molecule has 0 heterocycles. The smallest absolute Gasteiger partial charge is 0.312 e. The van der Waals surface area contributed by atoms with E-state index in [1.165, 1.54) is 12.1 Å². The zero-order valence-electron chi connectivity index (χ0n) is 14.4. The normalized spacial score (nSPS) is 12.3. The number of carboxylic acids is 1. The van der Waals surface area contributed by atoms with Crippen molar-refractivity contribution in [3.05, 3.63) is 65.7 Å². The summed E-state index contributed by atoms with van der Waals surface area (Å²) in [6.07, 6.45) is 0.0492. The summed E-state index contributed by atoms with van der Waals surface area (Å²) in [5, 5.41) is 12.0. The monoisotopic (exact) mass is 375 g/mol. The molecule has 0 aliphatic heterocycles. The van der Waals surface area contributed by atoms with E-state index in [1.807, 2.05) is 0 Å². The van der Waals surface area contributed by atoms with Gasteiger partial charge in [0.15, 0.2) is 9.84 Å². The molecule has 1 atom stereocenters. The van der Waals surface area contributed by atoms with Crippen molar-refractivity contribution in [3.63, 3.8) is 0 Å². The second kappa shape index (κ2) is 8.62. The van der Waals surface area contributed by atoms with Gasteiger partial charge in [0.1, 0.15) is 0 Å². The summed E-state index contributed by atoms with van der Waals surface area (Å²) < 4.78 is 23.6. The Labute approximate surface area is 152 Å². The Balaban J connectivity index is 1.97. The van der Waals surface area contributed by atoms with Gasteiger partial charge in [-0.2, -0.15) is 0 Å². The third-order valence-corrected chi connectivity index (χ3v) is 5.78. The Hall–Kier alpha value is -2.67. The van der Waals surface area contributed by atoms with Crippen LogP contribution in [0.5, 0.6) is 0 Å². The molecule has 1 amide bonds. The van der Waals surface area contributed by atoms with Crippen LogP contribution < -0.4 is 5.32 Å². The van der Waals surface area contributed by atoms with Crippen molar-refractivity contribution in [3.8, 4) is 0 Å². The van der Waals surface area contributed by atoms with Crippen LogP contribution in [0.3, 0.4) is 0 Å². The third kappa shape index (κ3) is 5.16. The number of aliphatic carboxylic acids is 1. The number of hydrogen-bond acceptors (Lipinski definition) is 4. The van der Waals surface area contributed by atoms with Crippen molar-refractivity contribution >= 4 is 21.7 Å². The zero-order chi connectivity index (χ0) is 19.2. The number of carbonyl (C=O) groups excluding carboxylic acids is 1. The van der Waals surface area contributed by atoms with E-state index in [4.69, 9.17) is 0 Å². The molecular formula is C19H21NO5S. The summed E-state index contributed by atoms with van der Waals surface area (Å²) in [6, 6.07) is 14.8. The molecule has 0 spiro atoms. The summed E-state index contributed by atoms with van der Waals surface area (Å²) in [4.78, 5) is 23.7. The molecule has 7 heteroatoms. The fourth-order valence-electron chi connectivity index (χ4n) is 2.48. The molecule has 0 aromatic heterocycles. The lowest BCUT2D eigenvalue weighted by molar-refractivity contribution is -0.138. The van der Waals surface area contributed by atoms with Crippen LogP contribution in [0, 0.1) is 0 Å². The Bertz CT molecular complexity index is 861. The maximum atomic E-state index is 12.1. The highest BCUT2D eigenvalue weighted by atomic mass is 32.2. The molecule has 1 unspecified atom stereocenters. The van der Waals surface area contributed by atoms with E-state index in [1.54, 1.807) is 49.4 Å². The second-order valence-electron chi connectivity index (χ2n) is 5.83. The first kappa shape index (κ1) is 19.7. The van der Waals surface area contributed by atoms with E-state index >= 15 is 0 Å². The average Bonchev–Trinajstić information content (AvgIpc) is 2.63. The van der Waals surface area contributed by atoms with Gasteiger partial charge in [0.25, 0.3) is 0 Å². The van der Waals surface area contributed by atoms with Gasteiger partial charge in [-0.05, 0) is 23.3 Å². The average molecular weight is 375 g/mol. The predicted molar refractivity (Wildman–Crippen MR) is 97.7 cm³/mol. The van der Waals surface area contributed by atoms with Crippen LogP contribution in [-0.2, 0) is 25.8 Å². The van der Waals surface area contributed by atoms with E-state index in [9.17, 15) is 23.1 Å². The molecule has 2 aromatic carbocycles. The Kier molecular flexibility index (Phi) is 6.52. The molecule has 0 bridgehead atoms. The van der Waals surface area contributed by atoms with Crippen molar-refractivity contribution in [1.29, 1.82) is 0 Å². The van der Waals surface area contributed by atoms with Gasteiger partial charge in [-0.1, -0.05) is 49.4 Å². The maximum Gasteiger partial charge on any atom is 0.312 e. The van der Waals surface area contributed by atoms with Gasteiger partial charge < -0.3 is 10.4 Å². The minimum Gasteiger partial charge on any atom is -0.481 e. The molecule has 138 valence electrons. The predicted octanol–water partition coefficient (Wildman–Crippen LogP) is 2.01. The molecular weight excluding hydrogens is 354 g/mol. The van der Waals surface area contributed by atoms with Crippen LogP contribution in [-0.4, -0.2) is 37.7 Å². The minimum atomic E-state index is -3.27. The number of rotatable bonds is 8. The highest BCUT2D eigenvalue weighted by molar-refractivity contribution is 7.91. The van der Waals surface area contributed by atoms with Crippen molar-refractivity contribution in [2.45, 2.75) is 24.2 Å². The Morgan fingerprint density at radius 1 is 1.04 bits per heavy atom. The molecule has 0 saturated carbocycles. The number of carboxylic acid groups (broad SMARTS) is 1. The highest BCUT2D eigenvalue weighted by Crippen LogP contribution is 2.15. The van der Waals surface area contributed by atoms with Crippen molar-refractivity contribution in [2.75, 3.05) is 12.3 Å². The first-order valence-corrected chi connectivity index (χ1v) is 9.85. The number of nitrogens with one attached hydrogen (secondary N) is 1. The van der Waals surface area contributed by atoms with E-state index in [0.717, 1.165) is 0 Å². The lowest BCUT2D eigenvalue weighted by Crippen LogP contribution is -2.32. The van der Waals surface area contributed by atoms with E-state index < -0.39 is 21.7 Å². The molecule has 2 aromatic rings. The summed E-state index contributed by atoms with van der Waals surface area (Å²) in [5.74, 6) is -2.13. The quantitative estimate of drug-likeness (QED) is 0.735. The molecule has 0 aliphatic carbocycles. The standard InChI is InChI=1S/C19H21NO5S/c1-2-26(24,25)16-10-8-14(9-11-16)12-18(21)20-13-17(19(22)23)15-6-4-3-5-7-15/h3-11,17H,2,12-13H2,1H3,(H,20,21)(H,22,23). The highest BCUT2D eigenvalue weighted by Gasteiger charge is 2.20.